The molecule has 1 rings (SSSR count). The van der Waals surface area contributed by atoms with E-state index in [-0.39, 0.29) is 0 Å². The number of rotatable bonds is 2. The minimum atomic E-state index is -2.08. The van der Waals surface area contributed by atoms with Gasteiger partial charge in [0.1, 0.15) is 5.75 Å². The van der Waals surface area contributed by atoms with Crippen LogP contribution in [0.1, 0.15) is 5.56 Å². The lowest BCUT2D eigenvalue weighted by Crippen LogP contribution is -2.25. The van der Waals surface area contributed by atoms with Gasteiger partial charge < -0.3 is 14.9 Å². The van der Waals surface area contributed by atoms with E-state index in [1.807, 2.05) is 0 Å². The average molecular weight is 182 g/mol. The molecule has 4 nitrogen and oxygen atoms in total. The fourth-order valence-electron chi connectivity index (χ4n) is 0.832. The maximum Gasteiger partial charge on any atom is 0.368 e. The second-order valence-electron chi connectivity index (χ2n) is 2.56. The summed E-state index contributed by atoms with van der Waals surface area (Å²) in [5.41, 5.74) is 0.761. The number of aliphatic hydroxyl groups excluding tert-OH is 1. The van der Waals surface area contributed by atoms with Gasteiger partial charge in [0.05, 0.1) is 0 Å². The van der Waals surface area contributed by atoms with Crippen LogP contribution >= 0.6 is 0 Å². The van der Waals surface area contributed by atoms with Crippen molar-refractivity contribution in [3.05, 3.63) is 29.8 Å². The summed E-state index contributed by atoms with van der Waals surface area (Å²) in [6.45, 7) is 1.76. The van der Waals surface area contributed by atoms with Crippen LogP contribution in [0.15, 0.2) is 24.3 Å². The van der Waals surface area contributed by atoms with Crippen LogP contribution in [-0.4, -0.2) is 22.5 Å². The van der Waals surface area contributed by atoms with Crippen molar-refractivity contribution >= 4 is 5.97 Å². The molecule has 0 aliphatic carbocycles. The predicted molar refractivity (Wildman–Crippen MR) is 45.0 cm³/mol. The molecule has 4 heteroatoms. The molecule has 0 aliphatic heterocycles. The maximum absolute atomic E-state index is 10.7. The summed E-state index contributed by atoms with van der Waals surface area (Å²) in [6.07, 6.45) is -2.08. The third-order valence-corrected chi connectivity index (χ3v) is 1.51. The number of carbonyl (C=O) groups excluding carboxylic acids is 1. The van der Waals surface area contributed by atoms with Crippen LogP contribution in [0.4, 0.5) is 0 Å². The first-order valence-electron chi connectivity index (χ1n) is 3.74. The number of ether oxygens (including phenoxy) is 1. The summed E-state index contributed by atoms with van der Waals surface area (Å²) in [4.78, 5) is 10.7. The first-order chi connectivity index (χ1) is 6.11. The molecule has 0 unspecified atom stereocenters. The van der Waals surface area contributed by atoms with E-state index in [9.17, 15) is 4.79 Å². The van der Waals surface area contributed by atoms with E-state index in [2.05, 4.69) is 4.74 Å². The predicted octanol–water partition coefficient (Wildman–Crippen LogP) is 0.211. The van der Waals surface area contributed by atoms with Crippen LogP contribution in [-0.2, 0) is 4.79 Å². The van der Waals surface area contributed by atoms with Crippen molar-refractivity contribution in [1.82, 2.24) is 0 Å². The number of aryl methyl sites for hydroxylation is 1. The number of hydrogen-bond donors (Lipinski definition) is 2. The molecule has 0 aliphatic rings. The zero-order valence-electron chi connectivity index (χ0n) is 7.10. The molecule has 1 aromatic carbocycles. The van der Waals surface area contributed by atoms with Gasteiger partial charge in [-0.2, -0.15) is 0 Å². The summed E-state index contributed by atoms with van der Waals surface area (Å²) >= 11 is 0. The van der Waals surface area contributed by atoms with Crippen molar-refractivity contribution in [3.63, 3.8) is 0 Å². The second kappa shape index (κ2) is 4.02. The zero-order valence-corrected chi connectivity index (χ0v) is 7.10. The molecule has 0 atom stereocenters. The topological polar surface area (TPSA) is 66.8 Å². The van der Waals surface area contributed by atoms with Gasteiger partial charge in [-0.3, -0.25) is 0 Å². The standard InChI is InChI=1S/C9H10O4/c1-6-4-2-3-5-7(6)13-9(12)8(10)11/h2-5,8,10-11H,1H3. The molecule has 0 heterocycles. The maximum atomic E-state index is 10.7. The van der Waals surface area contributed by atoms with Gasteiger partial charge in [-0.1, -0.05) is 18.2 Å². The van der Waals surface area contributed by atoms with Crippen LogP contribution in [0.5, 0.6) is 5.75 Å². The van der Waals surface area contributed by atoms with Crippen molar-refractivity contribution in [1.29, 1.82) is 0 Å². The quantitative estimate of drug-likeness (QED) is 0.390. The van der Waals surface area contributed by atoms with Gasteiger partial charge in [0, 0.05) is 0 Å². The SMILES string of the molecule is Cc1ccccc1OC(=O)C(O)O. The highest BCUT2D eigenvalue weighted by Gasteiger charge is 2.13. The van der Waals surface area contributed by atoms with Gasteiger partial charge in [-0.15, -0.1) is 0 Å². The normalized spacial score (nSPS) is 10.2. The molecule has 0 radical (unpaired) electrons. The largest absolute Gasteiger partial charge is 0.423 e. The fourth-order valence-corrected chi connectivity index (χ4v) is 0.832. The Balaban J connectivity index is 2.75. The number of esters is 1. The van der Waals surface area contributed by atoms with Crippen molar-refractivity contribution in [3.8, 4) is 5.75 Å². The Kier molecular flexibility index (Phi) is 3.00. The van der Waals surface area contributed by atoms with Crippen LogP contribution in [0, 0.1) is 6.92 Å². The Labute approximate surface area is 75.4 Å². The average Bonchev–Trinajstić information content (AvgIpc) is 2.08. The van der Waals surface area contributed by atoms with Gasteiger partial charge in [0.2, 0.25) is 0 Å². The van der Waals surface area contributed by atoms with E-state index in [0.29, 0.717) is 5.75 Å². The van der Waals surface area contributed by atoms with Gasteiger partial charge in [-0.05, 0) is 18.6 Å². The highest BCUT2D eigenvalue weighted by atomic mass is 16.6. The lowest BCUT2D eigenvalue weighted by atomic mass is 10.2. The molecule has 0 aromatic heterocycles. The first kappa shape index (κ1) is 9.70. The molecule has 0 saturated heterocycles. The van der Waals surface area contributed by atoms with E-state index < -0.39 is 12.3 Å². The third-order valence-electron chi connectivity index (χ3n) is 1.51. The second-order valence-corrected chi connectivity index (χ2v) is 2.56. The first-order valence-corrected chi connectivity index (χ1v) is 3.74. The summed E-state index contributed by atoms with van der Waals surface area (Å²) in [7, 11) is 0. The molecule has 2 N–H and O–H groups in total. The molecule has 0 fully saturated rings. The lowest BCUT2D eigenvalue weighted by Gasteiger charge is -2.07. The fraction of sp³-hybridized carbons (Fsp3) is 0.222. The van der Waals surface area contributed by atoms with E-state index in [1.165, 1.54) is 0 Å². The monoisotopic (exact) mass is 182 g/mol. The Hall–Kier alpha value is -1.39. The minimum Gasteiger partial charge on any atom is -0.423 e. The highest BCUT2D eigenvalue weighted by Crippen LogP contribution is 2.16. The minimum absolute atomic E-state index is 0.334. The molecular weight excluding hydrogens is 172 g/mol. The van der Waals surface area contributed by atoms with Gasteiger partial charge in [0.25, 0.3) is 6.29 Å². The Morgan fingerprint density at radius 3 is 2.54 bits per heavy atom. The number of aliphatic hydroxyl groups is 2. The number of carbonyl (C=O) groups is 1. The molecule has 0 saturated carbocycles. The van der Waals surface area contributed by atoms with E-state index in [4.69, 9.17) is 10.2 Å². The molecule has 1 aromatic rings. The highest BCUT2D eigenvalue weighted by molar-refractivity contribution is 5.75. The van der Waals surface area contributed by atoms with Crippen LogP contribution in [0.2, 0.25) is 0 Å². The summed E-state index contributed by atoms with van der Waals surface area (Å²) in [5.74, 6) is -0.741. The Morgan fingerprint density at radius 1 is 1.38 bits per heavy atom. The van der Waals surface area contributed by atoms with E-state index in [1.54, 1.807) is 31.2 Å². The zero-order chi connectivity index (χ0) is 9.84. The van der Waals surface area contributed by atoms with Crippen LogP contribution < -0.4 is 4.74 Å². The Bertz CT molecular complexity index is 306. The number of para-hydroxylation sites is 1. The van der Waals surface area contributed by atoms with Crippen LogP contribution in [0.3, 0.4) is 0 Å². The van der Waals surface area contributed by atoms with Crippen molar-refractivity contribution < 1.29 is 19.7 Å². The molecule has 70 valence electrons. The third kappa shape index (κ3) is 2.54. The Morgan fingerprint density at radius 2 is 2.00 bits per heavy atom. The number of benzene rings is 1. The molecule has 0 bridgehead atoms. The van der Waals surface area contributed by atoms with Crippen molar-refractivity contribution in [2.24, 2.45) is 0 Å². The molecule has 0 amide bonds. The van der Waals surface area contributed by atoms with E-state index >= 15 is 0 Å². The number of hydrogen-bond acceptors (Lipinski definition) is 4. The smallest absolute Gasteiger partial charge is 0.368 e. The summed E-state index contributed by atoms with van der Waals surface area (Å²) < 4.78 is 4.67. The van der Waals surface area contributed by atoms with Crippen molar-refractivity contribution in [2.45, 2.75) is 13.2 Å². The van der Waals surface area contributed by atoms with Crippen molar-refractivity contribution in [2.75, 3.05) is 0 Å². The molecule has 13 heavy (non-hydrogen) atoms. The van der Waals surface area contributed by atoms with Gasteiger partial charge in [0.15, 0.2) is 0 Å². The van der Waals surface area contributed by atoms with Gasteiger partial charge in [-0.25, -0.2) is 4.79 Å². The van der Waals surface area contributed by atoms with Gasteiger partial charge >= 0.3 is 5.97 Å². The van der Waals surface area contributed by atoms with Crippen LogP contribution in [0.25, 0.3) is 0 Å². The molecular formula is C9H10O4. The molecule has 0 spiro atoms. The lowest BCUT2D eigenvalue weighted by molar-refractivity contribution is -0.162. The summed E-state index contributed by atoms with van der Waals surface area (Å²) in [5, 5.41) is 16.9. The summed E-state index contributed by atoms with van der Waals surface area (Å²) in [6, 6.07) is 6.82. The van der Waals surface area contributed by atoms with E-state index in [0.717, 1.165) is 5.56 Å².